The highest BCUT2D eigenvalue weighted by Crippen LogP contribution is 2.33. The summed E-state index contributed by atoms with van der Waals surface area (Å²) in [4.78, 5) is 10.2. The van der Waals surface area contributed by atoms with Crippen LogP contribution in [0.2, 0.25) is 0 Å². The number of aryl methyl sites for hydroxylation is 1. The van der Waals surface area contributed by atoms with E-state index >= 15 is 0 Å². The minimum absolute atomic E-state index is 0.104. The number of anilines is 2. The number of rotatable bonds is 4. The summed E-state index contributed by atoms with van der Waals surface area (Å²) in [5.41, 5.74) is 2.19. The zero-order valence-electron chi connectivity index (χ0n) is 12.1. The highest BCUT2D eigenvalue weighted by Gasteiger charge is 2.15. The van der Waals surface area contributed by atoms with E-state index in [-0.39, 0.29) is 5.75 Å². The fourth-order valence-electron chi connectivity index (χ4n) is 2.26. The Kier molecular flexibility index (Phi) is 3.62. The van der Waals surface area contributed by atoms with Gasteiger partial charge in [-0.2, -0.15) is 8.78 Å². The molecular weight excluding hydrogens is 290 g/mol. The maximum atomic E-state index is 12.5. The topological polar surface area (TPSA) is 43.2 Å². The first-order valence-corrected chi connectivity index (χ1v) is 6.61. The molecule has 0 aliphatic heterocycles. The van der Waals surface area contributed by atoms with Crippen molar-refractivity contribution < 1.29 is 13.5 Å². The zero-order chi connectivity index (χ0) is 15.7. The number of pyridine rings is 1. The van der Waals surface area contributed by atoms with Gasteiger partial charge in [0.15, 0.2) is 0 Å². The van der Waals surface area contributed by atoms with E-state index in [1.54, 1.807) is 42.7 Å². The van der Waals surface area contributed by atoms with E-state index in [1.165, 1.54) is 6.07 Å². The molecule has 0 amide bonds. The van der Waals surface area contributed by atoms with E-state index in [4.69, 9.17) is 0 Å². The van der Waals surface area contributed by atoms with Crippen LogP contribution in [-0.4, -0.2) is 28.2 Å². The number of nitrogens with zero attached hydrogens (tertiary/aromatic N) is 4. The van der Waals surface area contributed by atoms with Crippen molar-refractivity contribution in [1.82, 2.24) is 14.5 Å². The zero-order valence-corrected chi connectivity index (χ0v) is 12.1. The van der Waals surface area contributed by atoms with E-state index in [0.717, 1.165) is 11.0 Å². The molecule has 0 atom stereocenters. The van der Waals surface area contributed by atoms with Crippen molar-refractivity contribution in [2.24, 2.45) is 7.05 Å². The Bertz CT molecular complexity index is 803. The molecule has 2 heterocycles. The van der Waals surface area contributed by atoms with Crippen LogP contribution in [0.5, 0.6) is 5.75 Å². The molecule has 7 heteroatoms. The van der Waals surface area contributed by atoms with Crippen molar-refractivity contribution in [3.8, 4) is 5.75 Å². The predicted molar refractivity (Wildman–Crippen MR) is 79.6 cm³/mol. The fourth-order valence-corrected chi connectivity index (χ4v) is 2.26. The highest BCUT2D eigenvalue weighted by atomic mass is 19.3. The van der Waals surface area contributed by atoms with Crippen LogP contribution in [0.4, 0.5) is 20.3 Å². The van der Waals surface area contributed by atoms with Gasteiger partial charge in [0.2, 0.25) is 0 Å². The molecule has 1 aromatic carbocycles. The van der Waals surface area contributed by atoms with Gasteiger partial charge in [0.25, 0.3) is 0 Å². The highest BCUT2D eigenvalue weighted by molar-refractivity contribution is 5.79. The largest absolute Gasteiger partial charge is 0.433 e. The van der Waals surface area contributed by atoms with Gasteiger partial charge in [-0.3, -0.25) is 0 Å². The Morgan fingerprint density at radius 1 is 1.23 bits per heavy atom. The Morgan fingerprint density at radius 3 is 2.77 bits per heavy atom. The number of hydrogen-bond donors (Lipinski definition) is 0. The molecule has 3 aromatic rings. The minimum atomic E-state index is -2.87. The van der Waals surface area contributed by atoms with E-state index in [1.807, 2.05) is 17.7 Å². The summed E-state index contributed by atoms with van der Waals surface area (Å²) in [7, 11) is 3.63. The summed E-state index contributed by atoms with van der Waals surface area (Å²) in [6.07, 6.45) is 3.35. The van der Waals surface area contributed by atoms with Gasteiger partial charge in [-0.1, -0.05) is 12.1 Å². The molecule has 0 spiro atoms. The van der Waals surface area contributed by atoms with Crippen LogP contribution in [-0.2, 0) is 7.05 Å². The van der Waals surface area contributed by atoms with Gasteiger partial charge in [-0.05, 0) is 12.1 Å². The maximum absolute atomic E-state index is 12.5. The van der Waals surface area contributed by atoms with Gasteiger partial charge in [-0.25, -0.2) is 9.97 Å². The van der Waals surface area contributed by atoms with E-state index in [0.29, 0.717) is 11.5 Å². The van der Waals surface area contributed by atoms with Crippen molar-refractivity contribution in [2.75, 3.05) is 11.9 Å². The molecule has 114 valence electrons. The molecule has 0 N–H and O–H groups in total. The molecule has 0 aliphatic rings. The van der Waals surface area contributed by atoms with Crippen molar-refractivity contribution in [3.05, 3.63) is 42.9 Å². The van der Waals surface area contributed by atoms with Gasteiger partial charge in [0.05, 0.1) is 23.7 Å². The molecule has 3 rings (SSSR count). The van der Waals surface area contributed by atoms with E-state index in [9.17, 15) is 8.78 Å². The molecule has 0 radical (unpaired) electrons. The number of benzene rings is 1. The normalized spacial score (nSPS) is 11.1. The Balaban J connectivity index is 2.01. The number of imidazole rings is 1. The third-order valence-corrected chi connectivity index (χ3v) is 3.38. The summed E-state index contributed by atoms with van der Waals surface area (Å²) in [6.45, 7) is -2.87. The summed E-state index contributed by atoms with van der Waals surface area (Å²) >= 11 is 0. The lowest BCUT2D eigenvalue weighted by Gasteiger charge is -2.21. The van der Waals surface area contributed by atoms with Crippen molar-refractivity contribution >= 4 is 22.5 Å². The van der Waals surface area contributed by atoms with Crippen LogP contribution >= 0.6 is 0 Å². The third-order valence-electron chi connectivity index (χ3n) is 3.38. The number of hydrogen-bond acceptors (Lipinski definition) is 4. The average Bonchev–Trinajstić information content (AvgIpc) is 2.87. The predicted octanol–water partition coefficient (Wildman–Crippen LogP) is 3.34. The van der Waals surface area contributed by atoms with Crippen molar-refractivity contribution in [2.45, 2.75) is 6.61 Å². The maximum Gasteiger partial charge on any atom is 0.387 e. The second kappa shape index (κ2) is 5.59. The van der Waals surface area contributed by atoms with Gasteiger partial charge in [0, 0.05) is 20.2 Å². The van der Waals surface area contributed by atoms with E-state index < -0.39 is 6.61 Å². The van der Waals surface area contributed by atoms with Crippen LogP contribution in [0.25, 0.3) is 11.0 Å². The number of fused-ring (bicyclic) bond motifs is 1. The molecule has 22 heavy (non-hydrogen) atoms. The van der Waals surface area contributed by atoms with E-state index in [2.05, 4.69) is 14.7 Å². The lowest BCUT2D eigenvalue weighted by atomic mass is 10.2. The van der Waals surface area contributed by atoms with Crippen LogP contribution in [0, 0.1) is 0 Å². The van der Waals surface area contributed by atoms with Gasteiger partial charge >= 0.3 is 6.61 Å². The van der Waals surface area contributed by atoms with Gasteiger partial charge in [-0.15, -0.1) is 0 Å². The second-order valence-electron chi connectivity index (χ2n) is 4.79. The number of aromatic nitrogens is 3. The lowest BCUT2D eigenvalue weighted by Crippen LogP contribution is -2.14. The first-order valence-electron chi connectivity index (χ1n) is 6.61. The first-order chi connectivity index (χ1) is 10.6. The molecule has 0 saturated carbocycles. The summed E-state index contributed by atoms with van der Waals surface area (Å²) in [6, 6.07) is 8.45. The minimum Gasteiger partial charge on any atom is -0.433 e. The van der Waals surface area contributed by atoms with Crippen molar-refractivity contribution in [1.29, 1.82) is 0 Å². The number of alkyl halides is 2. The van der Waals surface area contributed by atoms with Gasteiger partial charge in [0.1, 0.15) is 17.1 Å². The molecular formula is C15H14F2N4O. The summed E-state index contributed by atoms with van der Waals surface area (Å²) < 4.78 is 31.5. The summed E-state index contributed by atoms with van der Waals surface area (Å²) in [5.74, 6) is 0.716. The molecule has 0 fully saturated rings. The molecule has 2 aromatic heterocycles. The van der Waals surface area contributed by atoms with Gasteiger partial charge < -0.3 is 14.2 Å². The van der Waals surface area contributed by atoms with Crippen molar-refractivity contribution in [3.63, 3.8) is 0 Å². The fraction of sp³-hybridized carbons (Fsp3) is 0.200. The number of ether oxygens (including phenoxy) is 1. The van der Waals surface area contributed by atoms with Crippen LogP contribution < -0.4 is 9.64 Å². The van der Waals surface area contributed by atoms with Crippen LogP contribution in [0.15, 0.2) is 42.9 Å². The second-order valence-corrected chi connectivity index (χ2v) is 4.79. The SMILES string of the molecule is CN(c1cc2c(cn1)ncn2C)c1ccccc1OC(F)F. The lowest BCUT2D eigenvalue weighted by molar-refractivity contribution is -0.0494. The average molecular weight is 304 g/mol. The Morgan fingerprint density at radius 2 is 2.00 bits per heavy atom. The number of halogens is 2. The smallest absolute Gasteiger partial charge is 0.387 e. The monoisotopic (exact) mass is 304 g/mol. The quantitative estimate of drug-likeness (QED) is 0.741. The number of para-hydroxylation sites is 2. The Labute approximate surface area is 125 Å². The molecule has 0 saturated heterocycles. The standard InChI is InChI=1S/C15H14F2N4O/c1-20-9-19-10-8-18-14(7-12(10)20)21(2)11-5-3-4-6-13(11)22-15(16)17/h3-9,15H,1-2H3. The molecule has 5 nitrogen and oxygen atoms in total. The summed E-state index contributed by atoms with van der Waals surface area (Å²) in [5, 5.41) is 0. The Hall–Kier alpha value is -2.70. The molecule has 0 unspecified atom stereocenters. The molecule has 0 aliphatic carbocycles. The third kappa shape index (κ3) is 2.57. The van der Waals surface area contributed by atoms with Crippen LogP contribution in [0.1, 0.15) is 0 Å². The molecule has 0 bridgehead atoms. The van der Waals surface area contributed by atoms with Crippen LogP contribution in [0.3, 0.4) is 0 Å². The first kappa shape index (κ1) is 14.2.